The van der Waals surface area contributed by atoms with Crippen molar-refractivity contribution in [2.75, 3.05) is 5.32 Å². The summed E-state index contributed by atoms with van der Waals surface area (Å²) in [5.74, 6) is -0.0255. The number of para-hydroxylation sites is 2. The number of pyridine rings is 1. The zero-order valence-electron chi connectivity index (χ0n) is 15.8. The standard InChI is InChI=1S/C21H19F3N4O2/c22-21(23,24)30-18-9-5-4-8-17(18)28-20(25)27-13-16-10-11-26-19(12-16)29-14-15-6-2-1-3-7-15/h1-12H,13-14H2,(H3,25,27,28). The lowest BCUT2D eigenvalue weighted by Crippen LogP contribution is -2.24. The maximum atomic E-state index is 12.5. The Bertz CT molecular complexity index is 995. The van der Waals surface area contributed by atoms with Crippen molar-refractivity contribution in [1.29, 1.82) is 0 Å². The largest absolute Gasteiger partial charge is 0.573 e. The first-order valence-corrected chi connectivity index (χ1v) is 8.92. The van der Waals surface area contributed by atoms with Crippen molar-refractivity contribution in [1.82, 2.24) is 4.98 Å². The summed E-state index contributed by atoms with van der Waals surface area (Å²) >= 11 is 0. The molecule has 0 unspecified atom stereocenters. The van der Waals surface area contributed by atoms with Crippen LogP contribution >= 0.6 is 0 Å². The number of guanidine groups is 1. The number of ether oxygens (including phenoxy) is 2. The van der Waals surface area contributed by atoms with Crippen LogP contribution in [0.3, 0.4) is 0 Å². The van der Waals surface area contributed by atoms with Crippen molar-refractivity contribution in [3.05, 3.63) is 84.1 Å². The predicted octanol–water partition coefficient (Wildman–Crippen LogP) is 4.49. The van der Waals surface area contributed by atoms with Gasteiger partial charge in [0.05, 0.1) is 12.2 Å². The SMILES string of the molecule is NC(=NCc1ccnc(OCc2ccccc2)c1)Nc1ccccc1OC(F)(F)F. The maximum Gasteiger partial charge on any atom is 0.573 e. The second-order valence-electron chi connectivity index (χ2n) is 6.15. The third kappa shape index (κ3) is 6.69. The highest BCUT2D eigenvalue weighted by Gasteiger charge is 2.32. The zero-order chi connectivity index (χ0) is 21.4. The highest BCUT2D eigenvalue weighted by Crippen LogP contribution is 2.29. The Morgan fingerprint density at radius 1 is 1.00 bits per heavy atom. The summed E-state index contributed by atoms with van der Waals surface area (Å²) in [6.07, 6.45) is -3.22. The van der Waals surface area contributed by atoms with Gasteiger partial charge in [0, 0.05) is 12.3 Å². The number of anilines is 1. The second-order valence-corrected chi connectivity index (χ2v) is 6.15. The lowest BCUT2D eigenvalue weighted by molar-refractivity contribution is -0.274. The van der Waals surface area contributed by atoms with Gasteiger partial charge in [-0.25, -0.2) is 9.98 Å². The van der Waals surface area contributed by atoms with Crippen molar-refractivity contribution >= 4 is 11.6 Å². The van der Waals surface area contributed by atoms with Crippen LogP contribution in [0.2, 0.25) is 0 Å². The van der Waals surface area contributed by atoms with Crippen molar-refractivity contribution in [3.8, 4) is 11.6 Å². The van der Waals surface area contributed by atoms with Crippen molar-refractivity contribution in [2.45, 2.75) is 19.5 Å². The molecule has 3 aromatic rings. The van der Waals surface area contributed by atoms with Crippen molar-refractivity contribution < 1.29 is 22.6 Å². The molecule has 1 aromatic heterocycles. The molecule has 30 heavy (non-hydrogen) atoms. The summed E-state index contributed by atoms with van der Waals surface area (Å²) in [6, 6.07) is 18.7. The fourth-order valence-electron chi connectivity index (χ4n) is 2.50. The van der Waals surface area contributed by atoms with Gasteiger partial charge in [-0.05, 0) is 29.3 Å². The normalized spacial score (nSPS) is 11.8. The third-order valence-electron chi connectivity index (χ3n) is 3.84. The Hall–Kier alpha value is -3.75. The summed E-state index contributed by atoms with van der Waals surface area (Å²) in [5.41, 5.74) is 7.65. The Morgan fingerprint density at radius 2 is 1.73 bits per heavy atom. The average molecular weight is 416 g/mol. The minimum Gasteiger partial charge on any atom is -0.473 e. The van der Waals surface area contributed by atoms with E-state index in [1.165, 1.54) is 18.2 Å². The molecule has 2 aromatic carbocycles. The zero-order valence-corrected chi connectivity index (χ0v) is 15.8. The molecule has 0 saturated heterocycles. The molecule has 0 aliphatic heterocycles. The van der Waals surface area contributed by atoms with Gasteiger partial charge in [0.15, 0.2) is 11.7 Å². The molecule has 156 valence electrons. The van der Waals surface area contributed by atoms with Crippen LogP contribution in [0.5, 0.6) is 11.6 Å². The van der Waals surface area contributed by atoms with E-state index in [1.54, 1.807) is 24.4 Å². The van der Waals surface area contributed by atoms with Crippen LogP contribution in [0, 0.1) is 0 Å². The molecule has 0 spiro atoms. The van der Waals surface area contributed by atoms with Crippen LogP contribution < -0.4 is 20.5 Å². The van der Waals surface area contributed by atoms with Gasteiger partial charge in [-0.2, -0.15) is 0 Å². The van der Waals surface area contributed by atoms with E-state index in [1.807, 2.05) is 30.3 Å². The van der Waals surface area contributed by atoms with E-state index in [0.29, 0.717) is 12.5 Å². The number of nitrogens with zero attached hydrogens (tertiary/aromatic N) is 2. The molecule has 0 saturated carbocycles. The van der Waals surface area contributed by atoms with E-state index >= 15 is 0 Å². The number of aliphatic imine (C=N–C) groups is 1. The number of benzene rings is 2. The van der Waals surface area contributed by atoms with Crippen LogP contribution in [0.25, 0.3) is 0 Å². The molecule has 0 atom stereocenters. The molecule has 0 bridgehead atoms. The van der Waals surface area contributed by atoms with Crippen LogP contribution in [0.15, 0.2) is 77.9 Å². The molecule has 3 rings (SSSR count). The maximum absolute atomic E-state index is 12.5. The highest BCUT2D eigenvalue weighted by atomic mass is 19.4. The first-order chi connectivity index (χ1) is 14.4. The Labute approximate surface area is 171 Å². The third-order valence-corrected chi connectivity index (χ3v) is 3.84. The van der Waals surface area contributed by atoms with Crippen LogP contribution in [-0.4, -0.2) is 17.3 Å². The fraction of sp³-hybridized carbons (Fsp3) is 0.143. The van der Waals surface area contributed by atoms with Gasteiger partial charge in [0.2, 0.25) is 5.88 Å². The molecule has 0 radical (unpaired) electrons. The minimum absolute atomic E-state index is 0.0534. The van der Waals surface area contributed by atoms with Gasteiger partial charge in [-0.1, -0.05) is 42.5 Å². The molecule has 0 aliphatic rings. The van der Waals surface area contributed by atoms with Gasteiger partial charge in [-0.3, -0.25) is 0 Å². The van der Waals surface area contributed by atoms with Crippen LogP contribution in [-0.2, 0) is 13.2 Å². The fourth-order valence-corrected chi connectivity index (χ4v) is 2.50. The van der Waals surface area contributed by atoms with Crippen molar-refractivity contribution in [2.24, 2.45) is 10.7 Å². The van der Waals surface area contributed by atoms with E-state index in [2.05, 4.69) is 20.0 Å². The number of aromatic nitrogens is 1. The van der Waals surface area contributed by atoms with Gasteiger partial charge in [-0.15, -0.1) is 13.2 Å². The molecular formula is C21H19F3N4O2. The molecule has 0 fully saturated rings. The van der Waals surface area contributed by atoms with Gasteiger partial charge in [0.1, 0.15) is 6.61 Å². The number of nitrogens with one attached hydrogen (secondary N) is 1. The molecule has 6 nitrogen and oxygen atoms in total. The molecular weight excluding hydrogens is 397 g/mol. The first-order valence-electron chi connectivity index (χ1n) is 8.92. The first kappa shape index (κ1) is 21.0. The topological polar surface area (TPSA) is 81.8 Å². The second kappa shape index (κ2) is 9.64. The smallest absolute Gasteiger partial charge is 0.473 e. The van der Waals surface area contributed by atoms with Crippen LogP contribution in [0.1, 0.15) is 11.1 Å². The van der Waals surface area contributed by atoms with E-state index < -0.39 is 12.1 Å². The van der Waals surface area contributed by atoms with E-state index in [9.17, 15) is 13.2 Å². The summed E-state index contributed by atoms with van der Waals surface area (Å²) in [6.45, 7) is 0.561. The average Bonchev–Trinajstić information content (AvgIpc) is 2.72. The summed E-state index contributed by atoms with van der Waals surface area (Å²) in [4.78, 5) is 8.30. The number of halogens is 3. The number of hydrogen-bond donors (Lipinski definition) is 2. The van der Waals surface area contributed by atoms with E-state index in [4.69, 9.17) is 10.5 Å². The van der Waals surface area contributed by atoms with E-state index in [0.717, 1.165) is 11.1 Å². The molecule has 1 heterocycles. The summed E-state index contributed by atoms with van der Waals surface area (Å²) < 4.78 is 47.2. The number of nitrogens with two attached hydrogens (primary N) is 1. The predicted molar refractivity (Wildman–Crippen MR) is 107 cm³/mol. The monoisotopic (exact) mass is 416 g/mol. The lowest BCUT2D eigenvalue weighted by Gasteiger charge is -2.14. The summed E-state index contributed by atoms with van der Waals surface area (Å²) in [5, 5.41) is 2.62. The number of hydrogen-bond acceptors (Lipinski definition) is 4. The van der Waals surface area contributed by atoms with Gasteiger partial charge in [0.25, 0.3) is 0 Å². The number of rotatable bonds is 7. The molecule has 9 heteroatoms. The van der Waals surface area contributed by atoms with Gasteiger partial charge >= 0.3 is 6.36 Å². The van der Waals surface area contributed by atoms with Crippen molar-refractivity contribution in [3.63, 3.8) is 0 Å². The van der Waals surface area contributed by atoms with Gasteiger partial charge < -0.3 is 20.5 Å². The molecule has 0 aliphatic carbocycles. The Morgan fingerprint density at radius 3 is 2.50 bits per heavy atom. The Balaban J connectivity index is 1.61. The quantitative estimate of drug-likeness (QED) is 0.438. The van der Waals surface area contributed by atoms with Crippen LogP contribution in [0.4, 0.5) is 18.9 Å². The van der Waals surface area contributed by atoms with E-state index in [-0.39, 0.29) is 18.2 Å². The Kier molecular flexibility index (Phi) is 6.74. The number of alkyl halides is 3. The molecule has 3 N–H and O–H groups in total. The highest BCUT2D eigenvalue weighted by molar-refractivity contribution is 5.93. The molecule has 0 amide bonds. The minimum atomic E-state index is -4.81. The summed E-state index contributed by atoms with van der Waals surface area (Å²) in [7, 11) is 0. The lowest BCUT2D eigenvalue weighted by atomic mass is 10.2.